The minimum absolute atomic E-state index is 0.0594. The molecule has 1 saturated heterocycles. The lowest BCUT2D eigenvalue weighted by Crippen LogP contribution is -2.50. The maximum absolute atomic E-state index is 12.6. The number of benzene rings is 1. The van der Waals surface area contributed by atoms with Crippen LogP contribution in [-0.4, -0.2) is 56.6 Å². The summed E-state index contributed by atoms with van der Waals surface area (Å²) in [6, 6.07) is 9.90. The number of aryl methyl sites for hydroxylation is 2. The van der Waals surface area contributed by atoms with Crippen molar-refractivity contribution in [2.24, 2.45) is 0 Å². The number of urea groups is 1. The van der Waals surface area contributed by atoms with Gasteiger partial charge in [-0.2, -0.15) is 0 Å². The normalized spacial score (nSPS) is 14.1. The second-order valence-corrected chi connectivity index (χ2v) is 7.48. The van der Waals surface area contributed by atoms with E-state index in [0.717, 1.165) is 48.2 Å². The lowest BCUT2D eigenvalue weighted by Gasteiger charge is -2.35. The van der Waals surface area contributed by atoms with Crippen LogP contribution < -0.4 is 10.2 Å². The third-order valence-electron chi connectivity index (χ3n) is 5.61. The molecule has 2 amide bonds. The highest BCUT2D eigenvalue weighted by Gasteiger charge is 2.22. The number of anilines is 2. The van der Waals surface area contributed by atoms with Crippen molar-refractivity contribution in [1.29, 1.82) is 0 Å². The maximum atomic E-state index is 12.6. The van der Waals surface area contributed by atoms with Gasteiger partial charge in [-0.15, -0.1) is 0 Å². The Bertz CT molecular complexity index is 1040. The van der Waals surface area contributed by atoms with Gasteiger partial charge in [-0.25, -0.2) is 19.7 Å². The van der Waals surface area contributed by atoms with E-state index in [0.29, 0.717) is 13.1 Å². The molecule has 30 heavy (non-hydrogen) atoms. The van der Waals surface area contributed by atoms with Crippen molar-refractivity contribution in [2.75, 3.05) is 36.4 Å². The van der Waals surface area contributed by atoms with Gasteiger partial charge in [0.2, 0.25) is 0 Å². The first kappa shape index (κ1) is 19.9. The van der Waals surface area contributed by atoms with Gasteiger partial charge < -0.3 is 15.1 Å². The highest BCUT2D eigenvalue weighted by molar-refractivity contribution is 5.89. The summed E-state index contributed by atoms with van der Waals surface area (Å²) in [7, 11) is 0. The van der Waals surface area contributed by atoms with Gasteiger partial charge in [0.1, 0.15) is 24.3 Å². The Morgan fingerprint density at radius 2 is 1.80 bits per heavy atom. The summed E-state index contributed by atoms with van der Waals surface area (Å²) < 4.78 is 1.97. The van der Waals surface area contributed by atoms with Crippen molar-refractivity contribution >= 4 is 17.5 Å². The summed E-state index contributed by atoms with van der Waals surface area (Å²) in [5, 5.41) is 3.01. The SMILES string of the molecule is CCc1cccc(NC(=O)N2CCN(c3cc(-n4cnc(C)c4C)ncn3)CC2)c1. The molecule has 1 fully saturated rings. The van der Waals surface area contributed by atoms with E-state index in [1.54, 1.807) is 12.7 Å². The zero-order valence-corrected chi connectivity index (χ0v) is 17.7. The summed E-state index contributed by atoms with van der Waals surface area (Å²) in [6.45, 7) is 8.84. The summed E-state index contributed by atoms with van der Waals surface area (Å²) in [4.78, 5) is 29.9. The van der Waals surface area contributed by atoms with E-state index < -0.39 is 0 Å². The van der Waals surface area contributed by atoms with Crippen LogP contribution in [0.15, 0.2) is 43.0 Å². The molecule has 1 N–H and O–H groups in total. The fraction of sp³-hybridized carbons (Fsp3) is 0.364. The molecule has 0 unspecified atom stereocenters. The molecule has 1 aromatic carbocycles. The molecule has 156 valence electrons. The van der Waals surface area contributed by atoms with E-state index in [2.05, 4.69) is 38.2 Å². The Hall–Kier alpha value is -3.42. The molecule has 1 aliphatic heterocycles. The lowest BCUT2D eigenvalue weighted by molar-refractivity contribution is 0.208. The van der Waals surface area contributed by atoms with Crippen LogP contribution in [-0.2, 0) is 6.42 Å². The minimum Gasteiger partial charge on any atom is -0.353 e. The van der Waals surface area contributed by atoms with E-state index in [1.807, 2.05) is 47.6 Å². The number of aromatic nitrogens is 4. The zero-order valence-electron chi connectivity index (χ0n) is 17.7. The number of hydrogen-bond acceptors (Lipinski definition) is 5. The number of nitrogens with zero attached hydrogens (tertiary/aromatic N) is 6. The largest absolute Gasteiger partial charge is 0.353 e. The summed E-state index contributed by atoms with van der Waals surface area (Å²) in [6.07, 6.45) is 4.31. The van der Waals surface area contributed by atoms with Crippen LogP contribution in [0.5, 0.6) is 0 Å². The fourth-order valence-corrected chi connectivity index (χ4v) is 3.58. The predicted octanol–water partition coefficient (Wildman–Crippen LogP) is 3.20. The maximum Gasteiger partial charge on any atom is 0.321 e. The van der Waals surface area contributed by atoms with Gasteiger partial charge in [-0.1, -0.05) is 19.1 Å². The number of amides is 2. The van der Waals surface area contributed by atoms with Crippen molar-refractivity contribution in [3.05, 3.63) is 59.9 Å². The van der Waals surface area contributed by atoms with E-state index >= 15 is 0 Å². The van der Waals surface area contributed by atoms with E-state index in [9.17, 15) is 4.79 Å². The van der Waals surface area contributed by atoms with Crippen molar-refractivity contribution in [3.8, 4) is 5.82 Å². The smallest absolute Gasteiger partial charge is 0.321 e. The summed E-state index contributed by atoms with van der Waals surface area (Å²) in [5.41, 5.74) is 4.10. The highest BCUT2D eigenvalue weighted by atomic mass is 16.2. The molecule has 0 spiro atoms. The van der Waals surface area contributed by atoms with E-state index in [1.165, 1.54) is 5.56 Å². The number of hydrogen-bond donors (Lipinski definition) is 1. The van der Waals surface area contributed by atoms with Crippen molar-refractivity contribution in [1.82, 2.24) is 24.4 Å². The molecule has 0 bridgehead atoms. The third kappa shape index (κ3) is 4.12. The van der Waals surface area contributed by atoms with Crippen molar-refractivity contribution in [2.45, 2.75) is 27.2 Å². The van der Waals surface area contributed by atoms with Gasteiger partial charge in [0.25, 0.3) is 0 Å². The standard InChI is InChI=1S/C22H27N7O/c1-4-18-6-5-7-19(12-18)26-22(30)28-10-8-27(9-11-28)20-13-21(24-14-23-20)29-15-25-16(2)17(29)3/h5-7,12-15H,4,8-11H2,1-3H3,(H,26,30). The fourth-order valence-electron chi connectivity index (χ4n) is 3.58. The van der Waals surface area contributed by atoms with Crippen molar-refractivity contribution < 1.29 is 4.79 Å². The number of rotatable bonds is 4. The molecule has 1 aliphatic rings. The van der Waals surface area contributed by atoms with Crippen LogP contribution in [0.4, 0.5) is 16.3 Å². The molecule has 3 heterocycles. The van der Waals surface area contributed by atoms with Crippen LogP contribution >= 0.6 is 0 Å². The molecule has 0 aliphatic carbocycles. The monoisotopic (exact) mass is 405 g/mol. The molecule has 8 heteroatoms. The lowest BCUT2D eigenvalue weighted by atomic mass is 10.1. The molecule has 4 rings (SSSR count). The Kier molecular flexibility index (Phi) is 5.65. The molecular weight excluding hydrogens is 378 g/mol. The van der Waals surface area contributed by atoms with E-state index in [-0.39, 0.29) is 6.03 Å². The third-order valence-corrected chi connectivity index (χ3v) is 5.61. The first-order valence-electron chi connectivity index (χ1n) is 10.3. The van der Waals surface area contributed by atoms with Gasteiger partial charge in [-0.3, -0.25) is 4.57 Å². The van der Waals surface area contributed by atoms with E-state index in [4.69, 9.17) is 0 Å². The zero-order chi connectivity index (χ0) is 21.1. The van der Waals surface area contributed by atoms with Gasteiger partial charge in [0.05, 0.1) is 5.69 Å². The predicted molar refractivity (Wildman–Crippen MR) is 117 cm³/mol. The molecular formula is C22H27N7O. The molecule has 0 radical (unpaired) electrons. The topological polar surface area (TPSA) is 79.2 Å². The highest BCUT2D eigenvalue weighted by Crippen LogP contribution is 2.19. The molecule has 3 aromatic rings. The van der Waals surface area contributed by atoms with Gasteiger partial charge >= 0.3 is 6.03 Å². The Morgan fingerprint density at radius 3 is 2.50 bits per heavy atom. The van der Waals surface area contributed by atoms with Crippen molar-refractivity contribution in [3.63, 3.8) is 0 Å². The second-order valence-electron chi connectivity index (χ2n) is 7.48. The van der Waals surface area contributed by atoms with Crippen LogP contribution in [0.3, 0.4) is 0 Å². The second kappa shape index (κ2) is 8.52. The average molecular weight is 406 g/mol. The van der Waals surface area contributed by atoms with Gasteiger partial charge in [0.15, 0.2) is 0 Å². The number of nitrogens with one attached hydrogen (secondary N) is 1. The van der Waals surface area contributed by atoms with Crippen LogP contribution in [0.2, 0.25) is 0 Å². The number of piperazine rings is 1. The summed E-state index contributed by atoms with van der Waals surface area (Å²) >= 11 is 0. The minimum atomic E-state index is -0.0594. The van der Waals surface area contributed by atoms with Gasteiger partial charge in [-0.05, 0) is 38.0 Å². The molecule has 0 saturated carbocycles. The van der Waals surface area contributed by atoms with Gasteiger partial charge in [0, 0.05) is 43.6 Å². The Balaban J connectivity index is 1.39. The van der Waals surface area contributed by atoms with Crippen LogP contribution in [0.25, 0.3) is 5.82 Å². The molecule has 0 atom stereocenters. The summed E-state index contributed by atoms with van der Waals surface area (Å²) in [5.74, 6) is 1.66. The number of carbonyl (C=O) groups is 1. The van der Waals surface area contributed by atoms with Crippen LogP contribution in [0.1, 0.15) is 23.9 Å². The molecule has 8 nitrogen and oxygen atoms in total. The first-order chi connectivity index (χ1) is 14.5. The number of carbonyl (C=O) groups excluding carboxylic acids is 1. The number of imidazole rings is 1. The first-order valence-corrected chi connectivity index (χ1v) is 10.3. The Morgan fingerprint density at radius 1 is 1.03 bits per heavy atom. The quantitative estimate of drug-likeness (QED) is 0.721. The average Bonchev–Trinajstić information content (AvgIpc) is 3.12. The molecule has 2 aromatic heterocycles. The van der Waals surface area contributed by atoms with Crippen LogP contribution in [0, 0.1) is 13.8 Å². The Labute approximate surface area is 176 Å².